The minimum absolute atomic E-state index is 0.00828. The highest BCUT2D eigenvalue weighted by Crippen LogP contribution is 2.28. The van der Waals surface area contributed by atoms with E-state index in [1.54, 1.807) is 0 Å². The maximum absolute atomic E-state index is 11.1. The van der Waals surface area contributed by atoms with E-state index in [0.717, 1.165) is 12.8 Å². The standard InChI is InChI=1S/C11H20O2/c1-4-5-8(2)11-9(3)6-7-10(12)13-11/h8-9,11H,4-7H2,1-3H3/t8-,9-,11+/m0/s1. The van der Waals surface area contributed by atoms with E-state index >= 15 is 0 Å². The minimum atomic E-state index is -0.00828. The molecule has 0 amide bonds. The Kier molecular flexibility index (Phi) is 3.76. The molecule has 2 heteroatoms. The summed E-state index contributed by atoms with van der Waals surface area (Å²) in [5.41, 5.74) is 0. The Bertz CT molecular complexity index is 177. The number of rotatable bonds is 3. The zero-order chi connectivity index (χ0) is 9.84. The highest BCUT2D eigenvalue weighted by Gasteiger charge is 2.31. The summed E-state index contributed by atoms with van der Waals surface area (Å²) in [4.78, 5) is 11.1. The van der Waals surface area contributed by atoms with E-state index < -0.39 is 0 Å². The van der Waals surface area contributed by atoms with Crippen LogP contribution in [0.25, 0.3) is 0 Å². The topological polar surface area (TPSA) is 26.3 Å². The molecule has 0 aliphatic carbocycles. The summed E-state index contributed by atoms with van der Waals surface area (Å²) in [6, 6.07) is 0. The summed E-state index contributed by atoms with van der Waals surface area (Å²) in [7, 11) is 0. The summed E-state index contributed by atoms with van der Waals surface area (Å²) in [5, 5.41) is 0. The van der Waals surface area contributed by atoms with Gasteiger partial charge in [-0.1, -0.05) is 27.2 Å². The van der Waals surface area contributed by atoms with Crippen molar-refractivity contribution in [3.63, 3.8) is 0 Å². The maximum Gasteiger partial charge on any atom is 0.306 e. The van der Waals surface area contributed by atoms with E-state index in [2.05, 4.69) is 20.8 Å². The van der Waals surface area contributed by atoms with Gasteiger partial charge in [0.05, 0.1) is 0 Å². The number of ether oxygens (including phenoxy) is 1. The van der Waals surface area contributed by atoms with Gasteiger partial charge in [-0.15, -0.1) is 0 Å². The third-order valence-corrected chi connectivity index (χ3v) is 2.94. The first-order valence-electron chi connectivity index (χ1n) is 5.34. The molecular weight excluding hydrogens is 164 g/mol. The predicted octanol–water partition coefficient (Wildman–Crippen LogP) is 2.76. The van der Waals surface area contributed by atoms with Crippen molar-refractivity contribution >= 4 is 5.97 Å². The Hall–Kier alpha value is -0.530. The molecule has 0 spiro atoms. The van der Waals surface area contributed by atoms with E-state index in [0.29, 0.717) is 18.3 Å². The molecule has 13 heavy (non-hydrogen) atoms. The van der Waals surface area contributed by atoms with Crippen LogP contribution in [0, 0.1) is 11.8 Å². The smallest absolute Gasteiger partial charge is 0.306 e. The zero-order valence-corrected chi connectivity index (χ0v) is 8.88. The Labute approximate surface area is 80.7 Å². The van der Waals surface area contributed by atoms with Crippen molar-refractivity contribution < 1.29 is 9.53 Å². The van der Waals surface area contributed by atoms with Crippen LogP contribution in [0.1, 0.15) is 46.5 Å². The lowest BCUT2D eigenvalue weighted by Gasteiger charge is -2.32. The largest absolute Gasteiger partial charge is 0.462 e. The van der Waals surface area contributed by atoms with Gasteiger partial charge in [0.2, 0.25) is 0 Å². The second kappa shape index (κ2) is 4.64. The van der Waals surface area contributed by atoms with Gasteiger partial charge in [-0.3, -0.25) is 4.79 Å². The quantitative estimate of drug-likeness (QED) is 0.630. The molecule has 0 saturated carbocycles. The molecule has 3 atom stereocenters. The van der Waals surface area contributed by atoms with Gasteiger partial charge < -0.3 is 4.74 Å². The summed E-state index contributed by atoms with van der Waals surface area (Å²) < 4.78 is 5.37. The van der Waals surface area contributed by atoms with Crippen molar-refractivity contribution in [3.05, 3.63) is 0 Å². The molecule has 2 nitrogen and oxygen atoms in total. The molecule has 0 bridgehead atoms. The molecule has 1 aliphatic heterocycles. The minimum Gasteiger partial charge on any atom is -0.462 e. The van der Waals surface area contributed by atoms with Crippen LogP contribution in [-0.2, 0) is 9.53 Å². The van der Waals surface area contributed by atoms with Crippen LogP contribution >= 0.6 is 0 Å². The maximum atomic E-state index is 11.1. The highest BCUT2D eigenvalue weighted by atomic mass is 16.5. The summed E-state index contributed by atoms with van der Waals surface area (Å²) in [6.07, 6.45) is 4.10. The van der Waals surface area contributed by atoms with Crippen molar-refractivity contribution in [1.82, 2.24) is 0 Å². The lowest BCUT2D eigenvalue weighted by molar-refractivity contribution is -0.161. The first kappa shape index (κ1) is 10.6. The molecule has 1 heterocycles. The van der Waals surface area contributed by atoms with Crippen LogP contribution < -0.4 is 0 Å². The van der Waals surface area contributed by atoms with Gasteiger partial charge in [0.25, 0.3) is 0 Å². The van der Waals surface area contributed by atoms with E-state index in [4.69, 9.17) is 4.74 Å². The number of carbonyl (C=O) groups excluding carboxylic acids is 1. The molecule has 0 radical (unpaired) electrons. The van der Waals surface area contributed by atoms with Gasteiger partial charge in [0.15, 0.2) is 0 Å². The normalized spacial score (nSPS) is 31.2. The van der Waals surface area contributed by atoms with Crippen LogP contribution in [0.4, 0.5) is 0 Å². The Morgan fingerprint density at radius 2 is 2.31 bits per heavy atom. The van der Waals surface area contributed by atoms with Crippen molar-refractivity contribution in [3.8, 4) is 0 Å². The lowest BCUT2D eigenvalue weighted by atomic mass is 9.86. The number of carbonyl (C=O) groups is 1. The van der Waals surface area contributed by atoms with E-state index in [1.165, 1.54) is 6.42 Å². The van der Waals surface area contributed by atoms with E-state index in [-0.39, 0.29) is 12.1 Å². The molecule has 0 unspecified atom stereocenters. The zero-order valence-electron chi connectivity index (χ0n) is 8.88. The van der Waals surface area contributed by atoms with Gasteiger partial charge in [-0.2, -0.15) is 0 Å². The number of hydrogen-bond acceptors (Lipinski definition) is 2. The van der Waals surface area contributed by atoms with Gasteiger partial charge in [0, 0.05) is 6.42 Å². The summed E-state index contributed by atoms with van der Waals surface area (Å²) in [6.45, 7) is 6.54. The average molecular weight is 184 g/mol. The Balaban J connectivity index is 2.49. The molecule has 0 aromatic carbocycles. The van der Waals surface area contributed by atoms with Crippen molar-refractivity contribution in [2.75, 3.05) is 0 Å². The predicted molar refractivity (Wildman–Crippen MR) is 52.4 cm³/mol. The fourth-order valence-electron chi connectivity index (χ4n) is 2.13. The monoisotopic (exact) mass is 184 g/mol. The molecule has 1 fully saturated rings. The molecule has 0 aromatic heterocycles. The Morgan fingerprint density at radius 1 is 1.62 bits per heavy atom. The number of cyclic esters (lactones) is 1. The second-order valence-electron chi connectivity index (χ2n) is 4.24. The first-order chi connectivity index (χ1) is 6.15. The summed E-state index contributed by atoms with van der Waals surface area (Å²) in [5.74, 6) is 1.05. The lowest BCUT2D eigenvalue weighted by Crippen LogP contribution is -2.35. The fourth-order valence-corrected chi connectivity index (χ4v) is 2.13. The van der Waals surface area contributed by atoms with E-state index in [9.17, 15) is 4.79 Å². The number of hydrogen-bond donors (Lipinski definition) is 0. The SMILES string of the molecule is CCC[C@H](C)[C@H]1OC(=O)CC[C@@H]1C. The van der Waals surface area contributed by atoms with Crippen LogP contribution in [-0.4, -0.2) is 12.1 Å². The van der Waals surface area contributed by atoms with Crippen LogP contribution in [0.15, 0.2) is 0 Å². The molecule has 76 valence electrons. The average Bonchev–Trinajstić information content (AvgIpc) is 2.09. The van der Waals surface area contributed by atoms with Gasteiger partial charge >= 0.3 is 5.97 Å². The van der Waals surface area contributed by atoms with Crippen LogP contribution in [0.2, 0.25) is 0 Å². The highest BCUT2D eigenvalue weighted by molar-refractivity contribution is 5.70. The molecular formula is C11H20O2. The second-order valence-corrected chi connectivity index (χ2v) is 4.24. The van der Waals surface area contributed by atoms with Crippen molar-refractivity contribution in [2.45, 2.75) is 52.6 Å². The van der Waals surface area contributed by atoms with Crippen molar-refractivity contribution in [2.24, 2.45) is 11.8 Å². The molecule has 0 aromatic rings. The Morgan fingerprint density at radius 3 is 2.92 bits per heavy atom. The molecule has 0 N–H and O–H groups in total. The van der Waals surface area contributed by atoms with Crippen LogP contribution in [0.3, 0.4) is 0 Å². The van der Waals surface area contributed by atoms with Crippen molar-refractivity contribution in [1.29, 1.82) is 0 Å². The molecule has 1 rings (SSSR count). The van der Waals surface area contributed by atoms with Gasteiger partial charge in [0.1, 0.15) is 6.10 Å². The van der Waals surface area contributed by atoms with Gasteiger partial charge in [-0.05, 0) is 24.7 Å². The third kappa shape index (κ3) is 2.71. The van der Waals surface area contributed by atoms with Crippen LogP contribution in [0.5, 0.6) is 0 Å². The van der Waals surface area contributed by atoms with E-state index in [1.807, 2.05) is 0 Å². The fraction of sp³-hybridized carbons (Fsp3) is 0.909. The third-order valence-electron chi connectivity index (χ3n) is 2.94. The molecule has 1 aliphatic rings. The number of esters is 1. The first-order valence-corrected chi connectivity index (χ1v) is 5.34. The van der Waals surface area contributed by atoms with Gasteiger partial charge in [-0.25, -0.2) is 0 Å². The summed E-state index contributed by atoms with van der Waals surface area (Å²) >= 11 is 0. The molecule has 1 saturated heterocycles.